The highest BCUT2D eigenvalue weighted by Gasteiger charge is 2.20. The molecule has 1 N–H and O–H groups in total. The van der Waals surface area contributed by atoms with Crippen molar-refractivity contribution in [2.45, 2.75) is 12.6 Å². The Hall–Kier alpha value is -0.410. The van der Waals surface area contributed by atoms with Gasteiger partial charge in [0.2, 0.25) is 0 Å². The lowest BCUT2D eigenvalue weighted by Crippen LogP contribution is -2.45. The summed E-state index contributed by atoms with van der Waals surface area (Å²) >= 11 is 0. The smallest absolute Gasteiger partial charge is 0.163 e. The van der Waals surface area contributed by atoms with Crippen LogP contribution in [0, 0.1) is 0 Å². The first-order chi connectivity index (χ1) is 3.84. The van der Waals surface area contributed by atoms with E-state index in [-0.39, 0.29) is 0 Å². The Balaban J connectivity index is 2.22. The molecule has 0 bridgehead atoms. The van der Waals surface area contributed by atoms with Crippen molar-refractivity contribution < 1.29 is 9.90 Å². The van der Waals surface area contributed by atoms with Gasteiger partial charge in [-0.1, -0.05) is 0 Å². The molecule has 0 spiro atoms. The molecule has 1 unspecified atom stereocenters. The fraction of sp³-hybridized carbons (Fsp3) is 0.800. The minimum Gasteiger partial charge on any atom is -0.371 e. The van der Waals surface area contributed by atoms with E-state index in [2.05, 4.69) is 0 Å². The van der Waals surface area contributed by atoms with Gasteiger partial charge in [-0.05, 0) is 6.42 Å². The number of carbonyl (C=O) groups is 1. The van der Waals surface area contributed by atoms with Crippen LogP contribution in [0.4, 0.5) is 0 Å². The van der Waals surface area contributed by atoms with E-state index in [0.29, 0.717) is 6.29 Å². The molecule has 0 radical (unpaired) electrons. The summed E-state index contributed by atoms with van der Waals surface area (Å²) in [7, 11) is 0. The Morgan fingerprint density at radius 3 is 2.38 bits per heavy atom. The quantitative estimate of drug-likeness (QED) is 0.479. The molecule has 1 aliphatic rings. The van der Waals surface area contributed by atoms with Gasteiger partial charge in [-0.3, -0.25) is 9.69 Å². The van der Waals surface area contributed by atoms with E-state index in [1.54, 1.807) is 4.90 Å². The highest BCUT2D eigenvalue weighted by Crippen LogP contribution is 2.06. The van der Waals surface area contributed by atoms with Gasteiger partial charge in [0.25, 0.3) is 0 Å². The average molecular weight is 115 g/mol. The number of likely N-dealkylation sites (tertiary alicyclic amines) is 1. The van der Waals surface area contributed by atoms with Gasteiger partial charge < -0.3 is 5.11 Å². The van der Waals surface area contributed by atoms with Gasteiger partial charge in [0.15, 0.2) is 12.5 Å². The molecule has 0 saturated carbocycles. The number of rotatable bonds is 2. The van der Waals surface area contributed by atoms with Crippen LogP contribution in [0.25, 0.3) is 0 Å². The maximum absolute atomic E-state index is 9.85. The van der Waals surface area contributed by atoms with E-state index in [9.17, 15) is 4.79 Å². The number of aldehydes is 1. The highest BCUT2D eigenvalue weighted by molar-refractivity contribution is 5.54. The van der Waals surface area contributed by atoms with Crippen LogP contribution < -0.4 is 0 Å². The first-order valence-electron chi connectivity index (χ1n) is 2.72. The van der Waals surface area contributed by atoms with Gasteiger partial charge in [-0.15, -0.1) is 0 Å². The van der Waals surface area contributed by atoms with E-state index in [1.807, 2.05) is 0 Å². The van der Waals surface area contributed by atoms with Crippen LogP contribution in [0.15, 0.2) is 0 Å². The fourth-order valence-corrected chi connectivity index (χ4v) is 0.691. The van der Waals surface area contributed by atoms with E-state index in [4.69, 9.17) is 5.11 Å². The number of nitrogens with zero attached hydrogens (tertiary/aromatic N) is 1. The Morgan fingerprint density at radius 1 is 1.62 bits per heavy atom. The largest absolute Gasteiger partial charge is 0.371 e. The van der Waals surface area contributed by atoms with Crippen LogP contribution in [-0.2, 0) is 4.79 Å². The predicted octanol–water partition coefficient (Wildman–Crippen LogP) is -0.791. The third kappa shape index (κ3) is 0.877. The number of aliphatic hydroxyl groups excluding tert-OH is 1. The normalized spacial score (nSPS) is 24.1. The molecule has 0 amide bonds. The molecule has 1 rings (SSSR count). The molecule has 1 saturated heterocycles. The standard InChI is InChI=1S/C5H9NO2/c7-4-5(8)6-2-1-3-6/h4-5,8H,1-3H2. The maximum Gasteiger partial charge on any atom is 0.163 e. The molecule has 3 heteroatoms. The Kier molecular flexibility index (Phi) is 1.60. The van der Waals surface area contributed by atoms with Gasteiger partial charge in [-0.2, -0.15) is 0 Å². The van der Waals surface area contributed by atoms with Gasteiger partial charge in [-0.25, -0.2) is 0 Å². The first kappa shape index (κ1) is 5.72. The van der Waals surface area contributed by atoms with Crippen molar-refractivity contribution in [2.24, 2.45) is 0 Å². The van der Waals surface area contributed by atoms with Crippen LogP contribution in [0.3, 0.4) is 0 Å². The summed E-state index contributed by atoms with van der Waals surface area (Å²) < 4.78 is 0. The minimum absolute atomic E-state index is 0.555. The van der Waals surface area contributed by atoms with E-state index in [0.717, 1.165) is 19.5 Å². The average Bonchev–Trinajstić information content (AvgIpc) is 1.62. The molecule has 1 atom stereocenters. The SMILES string of the molecule is O=CC(O)N1CCC1. The molecule has 46 valence electrons. The van der Waals surface area contributed by atoms with Crippen molar-refractivity contribution in [2.75, 3.05) is 13.1 Å². The lowest BCUT2D eigenvalue weighted by atomic mass is 10.2. The molecule has 1 heterocycles. The number of aliphatic hydroxyl groups is 1. The minimum atomic E-state index is -0.844. The molecule has 1 fully saturated rings. The predicted molar refractivity (Wildman–Crippen MR) is 28.3 cm³/mol. The van der Waals surface area contributed by atoms with E-state index < -0.39 is 6.23 Å². The summed E-state index contributed by atoms with van der Waals surface area (Å²) in [4.78, 5) is 11.6. The topological polar surface area (TPSA) is 40.5 Å². The summed E-state index contributed by atoms with van der Waals surface area (Å²) in [5, 5.41) is 8.74. The van der Waals surface area contributed by atoms with Crippen LogP contribution in [0.2, 0.25) is 0 Å². The van der Waals surface area contributed by atoms with Crippen molar-refractivity contribution in [3.8, 4) is 0 Å². The zero-order valence-electron chi connectivity index (χ0n) is 4.58. The van der Waals surface area contributed by atoms with E-state index >= 15 is 0 Å². The summed E-state index contributed by atoms with van der Waals surface area (Å²) in [6, 6.07) is 0. The maximum atomic E-state index is 9.85. The summed E-state index contributed by atoms with van der Waals surface area (Å²) in [5.41, 5.74) is 0. The number of hydrogen-bond donors (Lipinski definition) is 1. The molecule has 0 aromatic carbocycles. The third-order valence-electron chi connectivity index (χ3n) is 1.39. The van der Waals surface area contributed by atoms with Crippen LogP contribution in [0.1, 0.15) is 6.42 Å². The molecule has 0 aromatic heterocycles. The van der Waals surface area contributed by atoms with Crippen LogP contribution in [-0.4, -0.2) is 35.6 Å². The fourth-order valence-electron chi connectivity index (χ4n) is 0.691. The third-order valence-corrected chi connectivity index (χ3v) is 1.39. The molecule has 0 aliphatic carbocycles. The monoisotopic (exact) mass is 115 g/mol. The highest BCUT2D eigenvalue weighted by atomic mass is 16.3. The first-order valence-corrected chi connectivity index (χ1v) is 2.72. The van der Waals surface area contributed by atoms with Gasteiger partial charge in [0.1, 0.15) is 0 Å². The second kappa shape index (κ2) is 2.24. The molecular weight excluding hydrogens is 106 g/mol. The van der Waals surface area contributed by atoms with Crippen LogP contribution >= 0.6 is 0 Å². The molecular formula is C5H9NO2. The van der Waals surface area contributed by atoms with Gasteiger partial charge in [0.05, 0.1) is 0 Å². The Morgan fingerprint density at radius 2 is 2.25 bits per heavy atom. The summed E-state index contributed by atoms with van der Waals surface area (Å²) in [5.74, 6) is 0. The zero-order valence-corrected chi connectivity index (χ0v) is 4.58. The molecule has 3 nitrogen and oxygen atoms in total. The van der Waals surface area contributed by atoms with Crippen molar-refractivity contribution >= 4 is 6.29 Å². The molecule has 8 heavy (non-hydrogen) atoms. The summed E-state index contributed by atoms with van der Waals surface area (Å²) in [6.45, 7) is 1.72. The summed E-state index contributed by atoms with van der Waals surface area (Å²) in [6.07, 6.45) is 0.813. The van der Waals surface area contributed by atoms with Gasteiger partial charge in [0, 0.05) is 13.1 Å². The van der Waals surface area contributed by atoms with Crippen molar-refractivity contribution in [1.29, 1.82) is 0 Å². The van der Waals surface area contributed by atoms with Crippen molar-refractivity contribution in [3.63, 3.8) is 0 Å². The number of carbonyl (C=O) groups excluding carboxylic acids is 1. The van der Waals surface area contributed by atoms with E-state index in [1.165, 1.54) is 0 Å². The second-order valence-electron chi connectivity index (χ2n) is 1.94. The molecule has 1 aliphatic heterocycles. The lowest BCUT2D eigenvalue weighted by molar-refractivity contribution is -0.127. The zero-order chi connectivity index (χ0) is 5.98. The number of hydrogen-bond acceptors (Lipinski definition) is 3. The Bertz CT molecular complexity index is 90.4. The van der Waals surface area contributed by atoms with Crippen LogP contribution in [0.5, 0.6) is 0 Å². The molecule has 0 aromatic rings. The Labute approximate surface area is 47.9 Å². The van der Waals surface area contributed by atoms with Gasteiger partial charge >= 0.3 is 0 Å². The lowest BCUT2D eigenvalue weighted by Gasteiger charge is -2.31. The van der Waals surface area contributed by atoms with Crippen molar-refractivity contribution in [1.82, 2.24) is 4.90 Å². The van der Waals surface area contributed by atoms with Crippen molar-refractivity contribution in [3.05, 3.63) is 0 Å². The second-order valence-corrected chi connectivity index (χ2v) is 1.94.